The van der Waals surface area contributed by atoms with Gasteiger partial charge in [0.15, 0.2) is 0 Å². The van der Waals surface area contributed by atoms with Gasteiger partial charge in [-0.1, -0.05) is 34.1 Å². The van der Waals surface area contributed by atoms with Crippen LogP contribution in [-0.4, -0.2) is 38.3 Å². The quantitative estimate of drug-likeness (QED) is 0.698. The van der Waals surface area contributed by atoms with Gasteiger partial charge in [0.1, 0.15) is 0 Å². The number of likely N-dealkylation sites (tertiary alicyclic amines) is 1. The second-order valence-corrected chi connectivity index (χ2v) is 2.90. The van der Waals surface area contributed by atoms with Gasteiger partial charge >= 0.3 is 0 Å². The van der Waals surface area contributed by atoms with Crippen LogP contribution in [0.15, 0.2) is 0 Å². The van der Waals surface area contributed by atoms with E-state index in [1.165, 1.54) is 32.4 Å². The molecular formula is C12H29NO. The third kappa shape index (κ3) is 10.0. The molecule has 0 aliphatic carbocycles. The van der Waals surface area contributed by atoms with Crippen LogP contribution in [0.5, 0.6) is 0 Å². The summed E-state index contributed by atoms with van der Waals surface area (Å²) in [4.78, 5) is 2.48. The highest BCUT2D eigenvalue weighted by Crippen LogP contribution is 2.07. The van der Waals surface area contributed by atoms with Crippen LogP contribution in [0.4, 0.5) is 0 Å². The van der Waals surface area contributed by atoms with Gasteiger partial charge < -0.3 is 9.64 Å². The van der Waals surface area contributed by atoms with E-state index in [0.29, 0.717) is 0 Å². The SMILES string of the molecule is CC.CC.COCCN1CCCCC1. The molecule has 0 aromatic heterocycles. The van der Waals surface area contributed by atoms with Crippen molar-refractivity contribution in [2.24, 2.45) is 0 Å². The molecule has 0 aromatic carbocycles. The van der Waals surface area contributed by atoms with Crippen molar-refractivity contribution in [3.8, 4) is 0 Å². The third-order valence-electron chi connectivity index (χ3n) is 2.06. The van der Waals surface area contributed by atoms with E-state index in [1.807, 2.05) is 27.7 Å². The minimum atomic E-state index is 0.889. The summed E-state index contributed by atoms with van der Waals surface area (Å²) >= 11 is 0. The fourth-order valence-corrected chi connectivity index (χ4v) is 1.40. The van der Waals surface area contributed by atoms with E-state index >= 15 is 0 Å². The molecule has 2 heteroatoms. The summed E-state index contributed by atoms with van der Waals surface area (Å²) in [7, 11) is 1.77. The lowest BCUT2D eigenvalue weighted by atomic mass is 10.1. The van der Waals surface area contributed by atoms with E-state index in [4.69, 9.17) is 4.74 Å². The van der Waals surface area contributed by atoms with E-state index in [2.05, 4.69) is 4.90 Å². The van der Waals surface area contributed by atoms with Gasteiger partial charge in [-0.15, -0.1) is 0 Å². The lowest BCUT2D eigenvalue weighted by Crippen LogP contribution is -2.32. The molecule has 2 nitrogen and oxygen atoms in total. The molecule has 0 unspecified atom stereocenters. The van der Waals surface area contributed by atoms with Crippen LogP contribution in [0, 0.1) is 0 Å². The number of ether oxygens (including phenoxy) is 1. The van der Waals surface area contributed by atoms with Crippen LogP contribution in [0.1, 0.15) is 47.0 Å². The Bertz CT molecular complexity index is 80.4. The second-order valence-electron chi connectivity index (χ2n) is 2.90. The Morgan fingerprint density at radius 1 is 0.929 bits per heavy atom. The Balaban J connectivity index is 0. The Morgan fingerprint density at radius 3 is 1.86 bits per heavy atom. The molecule has 0 bridgehead atoms. The van der Waals surface area contributed by atoms with Gasteiger partial charge in [-0.25, -0.2) is 0 Å². The van der Waals surface area contributed by atoms with Crippen molar-refractivity contribution in [1.29, 1.82) is 0 Å². The average Bonchev–Trinajstić information content (AvgIpc) is 2.33. The molecule has 0 saturated carbocycles. The highest BCUT2D eigenvalue weighted by atomic mass is 16.5. The van der Waals surface area contributed by atoms with E-state index < -0.39 is 0 Å². The smallest absolute Gasteiger partial charge is 0.0589 e. The van der Waals surface area contributed by atoms with Crippen molar-refractivity contribution in [2.75, 3.05) is 33.4 Å². The van der Waals surface area contributed by atoms with Crippen LogP contribution in [0.25, 0.3) is 0 Å². The number of hydrogen-bond acceptors (Lipinski definition) is 2. The number of methoxy groups -OCH3 is 1. The molecular weight excluding hydrogens is 174 g/mol. The van der Waals surface area contributed by atoms with Gasteiger partial charge in [0.05, 0.1) is 6.61 Å². The Morgan fingerprint density at radius 2 is 1.43 bits per heavy atom. The highest BCUT2D eigenvalue weighted by molar-refractivity contribution is 4.63. The highest BCUT2D eigenvalue weighted by Gasteiger charge is 2.08. The van der Waals surface area contributed by atoms with Gasteiger partial charge in [-0.05, 0) is 25.9 Å². The fraction of sp³-hybridized carbons (Fsp3) is 1.00. The summed E-state index contributed by atoms with van der Waals surface area (Å²) in [5.74, 6) is 0. The first-order valence-corrected chi connectivity index (χ1v) is 6.15. The summed E-state index contributed by atoms with van der Waals surface area (Å²) in [6.07, 6.45) is 4.18. The van der Waals surface area contributed by atoms with Crippen LogP contribution in [0.3, 0.4) is 0 Å². The molecule has 88 valence electrons. The van der Waals surface area contributed by atoms with E-state index in [1.54, 1.807) is 7.11 Å². The molecule has 0 atom stereocenters. The van der Waals surface area contributed by atoms with Crippen molar-refractivity contribution < 1.29 is 4.74 Å². The molecule has 0 radical (unpaired) electrons. The number of hydrogen-bond donors (Lipinski definition) is 0. The second kappa shape index (κ2) is 15.4. The van der Waals surface area contributed by atoms with Gasteiger partial charge in [0, 0.05) is 13.7 Å². The third-order valence-corrected chi connectivity index (χ3v) is 2.06. The first-order valence-electron chi connectivity index (χ1n) is 6.15. The molecule has 14 heavy (non-hydrogen) atoms. The van der Waals surface area contributed by atoms with Crippen LogP contribution < -0.4 is 0 Å². The summed E-state index contributed by atoms with van der Waals surface area (Å²) < 4.78 is 5.00. The predicted octanol–water partition coefficient (Wildman–Crippen LogP) is 3.17. The maximum atomic E-state index is 5.00. The molecule has 1 aliphatic heterocycles. The molecule has 1 fully saturated rings. The van der Waals surface area contributed by atoms with Crippen molar-refractivity contribution in [1.82, 2.24) is 4.90 Å². The van der Waals surface area contributed by atoms with Gasteiger partial charge in [-0.2, -0.15) is 0 Å². The Kier molecular flexibility index (Phi) is 18.0. The summed E-state index contributed by atoms with van der Waals surface area (Å²) in [5.41, 5.74) is 0. The Hall–Kier alpha value is -0.0800. The van der Waals surface area contributed by atoms with E-state index in [-0.39, 0.29) is 0 Å². The van der Waals surface area contributed by atoms with Crippen LogP contribution in [-0.2, 0) is 4.74 Å². The van der Waals surface area contributed by atoms with Gasteiger partial charge in [-0.3, -0.25) is 0 Å². The molecule has 0 amide bonds. The average molecular weight is 203 g/mol. The van der Waals surface area contributed by atoms with Crippen molar-refractivity contribution >= 4 is 0 Å². The molecule has 0 aromatic rings. The summed E-state index contributed by atoms with van der Waals surface area (Å²) in [6.45, 7) is 12.6. The number of nitrogens with zero attached hydrogens (tertiary/aromatic N) is 1. The zero-order chi connectivity index (χ0) is 11.2. The topological polar surface area (TPSA) is 12.5 Å². The predicted molar refractivity (Wildman–Crippen MR) is 64.9 cm³/mol. The summed E-state index contributed by atoms with van der Waals surface area (Å²) in [6, 6.07) is 0. The standard InChI is InChI=1S/C8H17NO.2C2H6/c1-10-8-7-9-5-3-2-4-6-9;2*1-2/h2-8H2,1H3;2*1-2H3. The van der Waals surface area contributed by atoms with E-state index in [0.717, 1.165) is 13.2 Å². The zero-order valence-corrected chi connectivity index (χ0v) is 10.8. The lowest BCUT2D eigenvalue weighted by molar-refractivity contribution is 0.135. The largest absolute Gasteiger partial charge is 0.383 e. The first kappa shape index (κ1) is 16.4. The molecule has 1 aliphatic rings. The normalized spacial score (nSPS) is 16.1. The minimum Gasteiger partial charge on any atom is -0.383 e. The maximum absolute atomic E-state index is 5.00. The monoisotopic (exact) mass is 203 g/mol. The van der Waals surface area contributed by atoms with Crippen molar-refractivity contribution in [3.05, 3.63) is 0 Å². The van der Waals surface area contributed by atoms with E-state index in [9.17, 15) is 0 Å². The van der Waals surface area contributed by atoms with Crippen molar-refractivity contribution in [3.63, 3.8) is 0 Å². The molecule has 1 heterocycles. The van der Waals surface area contributed by atoms with Gasteiger partial charge in [0.2, 0.25) is 0 Å². The zero-order valence-electron chi connectivity index (χ0n) is 10.8. The maximum Gasteiger partial charge on any atom is 0.0589 e. The number of piperidine rings is 1. The summed E-state index contributed by atoms with van der Waals surface area (Å²) in [5, 5.41) is 0. The van der Waals surface area contributed by atoms with Crippen molar-refractivity contribution in [2.45, 2.75) is 47.0 Å². The Labute approximate surface area is 90.6 Å². The molecule has 0 spiro atoms. The lowest BCUT2D eigenvalue weighted by Gasteiger charge is -2.25. The fourth-order valence-electron chi connectivity index (χ4n) is 1.40. The van der Waals surface area contributed by atoms with Crippen LogP contribution >= 0.6 is 0 Å². The number of rotatable bonds is 3. The van der Waals surface area contributed by atoms with Gasteiger partial charge in [0.25, 0.3) is 0 Å². The first-order chi connectivity index (χ1) is 6.93. The molecule has 1 rings (SSSR count). The minimum absolute atomic E-state index is 0.889. The molecule has 1 saturated heterocycles. The molecule has 0 N–H and O–H groups in total. The van der Waals surface area contributed by atoms with Crippen LogP contribution in [0.2, 0.25) is 0 Å².